The lowest BCUT2D eigenvalue weighted by Crippen LogP contribution is -2.14. The summed E-state index contributed by atoms with van der Waals surface area (Å²) in [5.41, 5.74) is 3.83. The molecule has 0 unspecified atom stereocenters. The molecule has 6 heteroatoms. The van der Waals surface area contributed by atoms with Gasteiger partial charge in [0.25, 0.3) is 0 Å². The Hall–Kier alpha value is -0.910. The fourth-order valence-corrected chi connectivity index (χ4v) is 2.57. The second kappa shape index (κ2) is 5.62. The minimum Gasteiger partial charge on any atom is -0.306 e. The second-order valence-corrected chi connectivity index (χ2v) is 5.10. The van der Waals surface area contributed by atoms with Gasteiger partial charge in [-0.25, -0.2) is 0 Å². The van der Waals surface area contributed by atoms with E-state index < -0.39 is 0 Å². The Kier molecular flexibility index (Phi) is 4.15. The van der Waals surface area contributed by atoms with Crippen LogP contribution in [0.3, 0.4) is 0 Å². The molecule has 0 saturated heterocycles. The summed E-state index contributed by atoms with van der Waals surface area (Å²) in [4.78, 5) is 5.26. The third-order valence-corrected chi connectivity index (χ3v) is 3.79. The van der Waals surface area contributed by atoms with E-state index in [4.69, 9.17) is 11.6 Å². The fraction of sp³-hybridized carbons (Fsp3) is 0.455. The molecule has 0 bridgehead atoms. The molecule has 0 amide bonds. The number of aromatic nitrogens is 3. The summed E-state index contributed by atoms with van der Waals surface area (Å²) in [6, 6.07) is 0. The zero-order chi connectivity index (χ0) is 12.3. The van der Waals surface area contributed by atoms with E-state index in [1.165, 1.54) is 4.88 Å². The molecule has 0 aliphatic rings. The Labute approximate surface area is 110 Å². The molecule has 17 heavy (non-hydrogen) atoms. The molecular weight excluding hydrogens is 256 g/mol. The molecule has 0 aromatic carbocycles. The maximum atomic E-state index is 6.26. The Morgan fingerprint density at radius 2 is 2.29 bits per heavy atom. The normalized spacial score (nSPS) is 11.0. The number of hydrogen-bond acceptors (Lipinski definition) is 4. The second-order valence-electron chi connectivity index (χ2n) is 3.76. The van der Waals surface area contributed by atoms with Crippen LogP contribution in [0.25, 0.3) is 0 Å². The van der Waals surface area contributed by atoms with Crippen molar-refractivity contribution in [2.24, 2.45) is 7.05 Å². The number of thiazole rings is 1. The van der Waals surface area contributed by atoms with Crippen LogP contribution in [0.15, 0.2) is 11.7 Å². The molecule has 0 aliphatic carbocycles. The van der Waals surface area contributed by atoms with Crippen molar-refractivity contribution in [2.75, 3.05) is 0 Å². The molecule has 0 fully saturated rings. The summed E-state index contributed by atoms with van der Waals surface area (Å²) in [6.45, 7) is 3.59. The first kappa shape index (κ1) is 12.5. The monoisotopic (exact) mass is 270 g/mol. The summed E-state index contributed by atoms with van der Waals surface area (Å²) in [6.07, 6.45) is 2.74. The molecule has 0 atom stereocenters. The van der Waals surface area contributed by atoms with Gasteiger partial charge in [-0.3, -0.25) is 9.67 Å². The molecule has 2 heterocycles. The van der Waals surface area contributed by atoms with Gasteiger partial charge in [-0.15, -0.1) is 11.3 Å². The highest BCUT2D eigenvalue weighted by Gasteiger charge is 2.12. The molecule has 0 aliphatic heterocycles. The Balaban J connectivity index is 1.97. The number of nitrogens with zero attached hydrogens (tertiary/aromatic N) is 3. The first-order valence-electron chi connectivity index (χ1n) is 5.50. The smallest absolute Gasteiger partial charge is 0.0863 e. The average molecular weight is 271 g/mol. The molecule has 1 N–H and O–H groups in total. The molecule has 2 aromatic heterocycles. The van der Waals surface area contributed by atoms with Gasteiger partial charge in [0.05, 0.1) is 21.9 Å². The maximum absolute atomic E-state index is 6.26. The third kappa shape index (κ3) is 2.86. The average Bonchev–Trinajstić information content (AvgIpc) is 2.91. The first-order chi connectivity index (χ1) is 8.22. The quantitative estimate of drug-likeness (QED) is 0.907. The van der Waals surface area contributed by atoms with E-state index in [9.17, 15) is 0 Å². The van der Waals surface area contributed by atoms with Crippen molar-refractivity contribution < 1.29 is 0 Å². The van der Waals surface area contributed by atoms with E-state index in [0.29, 0.717) is 0 Å². The molecule has 2 aromatic rings. The van der Waals surface area contributed by atoms with Gasteiger partial charge >= 0.3 is 0 Å². The Morgan fingerprint density at radius 1 is 1.47 bits per heavy atom. The lowest BCUT2D eigenvalue weighted by atomic mass is 10.3. The van der Waals surface area contributed by atoms with Crippen LogP contribution in [0.4, 0.5) is 0 Å². The SMILES string of the molecule is CCc1nn(C)c(CNCc2cncs2)c1Cl. The zero-order valence-corrected chi connectivity index (χ0v) is 11.5. The molecule has 2 rings (SSSR count). The predicted octanol–water partition coefficient (Wildman–Crippen LogP) is 2.38. The molecule has 4 nitrogen and oxygen atoms in total. The van der Waals surface area contributed by atoms with Crippen LogP contribution in [0.5, 0.6) is 0 Å². The number of hydrogen-bond donors (Lipinski definition) is 1. The van der Waals surface area contributed by atoms with E-state index in [2.05, 4.69) is 22.3 Å². The van der Waals surface area contributed by atoms with Crippen molar-refractivity contribution in [1.82, 2.24) is 20.1 Å². The maximum Gasteiger partial charge on any atom is 0.0863 e. The van der Waals surface area contributed by atoms with Gasteiger partial charge < -0.3 is 5.32 Å². The van der Waals surface area contributed by atoms with Crippen LogP contribution in [-0.4, -0.2) is 14.8 Å². The predicted molar refractivity (Wildman–Crippen MR) is 70.3 cm³/mol. The fourth-order valence-electron chi connectivity index (χ4n) is 1.65. The summed E-state index contributed by atoms with van der Waals surface area (Å²) in [5, 5.41) is 8.51. The standard InChI is InChI=1S/C11H15ClN4S/c1-3-9-11(12)10(16(2)15-9)6-13-4-8-5-14-7-17-8/h5,7,13H,3-4,6H2,1-2H3. The van der Waals surface area contributed by atoms with Gasteiger partial charge in [-0.05, 0) is 6.42 Å². The highest BCUT2D eigenvalue weighted by atomic mass is 35.5. The topological polar surface area (TPSA) is 42.7 Å². The zero-order valence-electron chi connectivity index (χ0n) is 9.90. The van der Waals surface area contributed by atoms with Gasteiger partial charge in [0, 0.05) is 31.2 Å². The third-order valence-electron chi connectivity index (χ3n) is 2.58. The number of rotatable bonds is 5. The Morgan fingerprint density at radius 3 is 2.88 bits per heavy atom. The Bertz CT molecular complexity index is 478. The number of aryl methyl sites for hydroxylation is 2. The summed E-state index contributed by atoms with van der Waals surface area (Å²) >= 11 is 7.90. The van der Waals surface area contributed by atoms with Crippen molar-refractivity contribution in [3.05, 3.63) is 33.0 Å². The van der Waals surface area contributed by atoms with Gasteiger partial charge in [-0.2, -0.15) is 5.10 Å². The van der Waals surface area contributed by atoms with Gasteiger partial charge in [0.1, 0.15) is 0 Å². The molecule has 0 spiro atoms. The van der Waals surface area contributed by atoms with Crippen LogP contribution in [0, 0.1) is 0 Å². The van der Waals surface area contributed by atoms with Gasteiger partial charge in [0.2, 0.25) is 0 Å². The first-order valence-corrected chi connectivity index (χ1v) is 6.76. The van der Waals surface area contributed by atoms with Crippen molar-refractivity contribution in [1.29, 1.82) is 0 Å². The van der Waals surface area contributed by atoms with Crippen molar-refractivity contribution in [2.45, 2.75) is 26.4 Å². The highest BCUT2D eigenvalue weighted by molar-refractivity contribution is 7.09. The van der Waals surface area contributed by atoms with E-state index >= 15 is 0 Å². The van der Waals surface area contributed by atoms with E-state index in [-0.39, 0.29) is 0 Å². The van der Waals surface area contributed by atoms with E-state index in [1.807, 2.05) is 23.4 Å². The minimum absolute atomic E-state index is 0.722. The molecule has 0 saturated carbocycles. The molecular formula is C11H15ClN4S. The van der Waals surface area contributed by atoms with Crippen molar-refractivity contribution in [3.8, 4) is 0 Å². The highest BCUT2D eigenvalue weighted by Crippen LogP contribution is 2.20. The minimum atomic E-state index is 0.722. The van der Waals surface area contributed by atoms with Gasteiger partial charge in [0.15, 0.2) is 0 Å². The van der Waals surface area contributed by atoms with Crippen molar-refractivity contribution in [3.63, 3.8) is 0 Å². The van der Waals surface area contributed by atoms with Crippen LogP contribution < -0.4 is 5.32 Å². The van der Waals surface area contributed by atoms with Crippen molar-refractivity contribution >= 4 is 22.9 Å². The van der Waals surface area contributed by atoms with Crippen LogP contribution >= 0.6 is 22.9 Å². The van der Waals surface area contributed by atoms with Crippen LogP contribution in [0.2, 0.25) is 5.02 Å². The largest absolute Gasteiger partial charge is 0.306 e. The van der Waals surface area contributed by atoms with Crippen LogP contribution in [-0.2, 0) is 26.6 Å². The number of halogens is 1. The summed E-state index contributed by atoms with van der Waals surface area (Å²) in [5.74, 6) is 0. The summed E-state index contributed by atoms with van der Waals surface area (Å²) < 4.78 is 1.85. The summed E-state index contributed by atoms with van der Waals surface area (Å²) in [7, 11) is 1.93. The number of nitrogens with one attached hydrogen (secondary N) is 1. The lowest BCUT2D eigenvalue weighted by molar-refractivity contribution is 0.626. The lowest BCUT2D eigenvalue weighted by Gasteiger charge is -2.04. The molecule has 0 radical (unpaired) electrons. The molecule has 92 valence electrons. The van der Waals surface area contributed by atoms with E-state index in [0.717, 1.165) is 35.9 Å². The van der Waals surface area contributed by atoms with E-state index in [1.54, 1.807) is 11.3 Å². The van der Waals surface area contributed by atoms with Crippen LogP contribution in [0.1, 0.15) is 23.2 Å². The van der Waals surface area contributed by atoms with Gasteiger partial charge in [-0.1, -0.05) is 18.5 Å².